The number of aliphatic imine (C=N–C) groups is 1. The summed E-state index contributed by atoms with van der Waals surface area (Å²) in [7, 11) is -4.11. The van der Waals surface area contributed by atoms with E-state index >= 15 is 0 Å². The number of hydrogen-bond acceptors (Lipinski definition) is 7. The molecular weight excluding hydrogens is 510 g/mol. The monoisotopic (exact) mass is 527 g/mol. The Morgan fingerprint density at radius 1 is 1.09 bits per heavy atom. The molecule has 1 aliphatic rings. The molecule has 0 bridgehead atoms. The summed E-state index contributed by atoms with van der Waals surface area (Å²) in [5.74, 6) is -0.495. The van der Waals surface area contributed by atoms with Gasteiger partial charge >= 0.3 is 10.1 Å². The zero-order valence-electron chi connectivity index (χ0n) is 18.2. The van der Waals surface area contributed by atoms with Crippen LogP contribution in [0.5, 0.6) is 5.75 Å². The molecule has 3 aromatic rings. The van der Waals surface area contributed by atoms with Gasteiger partial charge in [0.2, 0.25) is 5.91 Å². The molecule has 0 aromatic heterocycles. The minimum atomic E-state index is -4.11. The number of benzene rings is 3. The first-order valence-electron chi connectivity index (χ1n) is 10.2. The van der Waals surface area contributed by atoms with Crippen LogP contribution in [0, 0.1) is 0 Å². The lowest BCUT2D eigenvalue weighted by Gasteiger charge is -2.09. The summed E-state index contributed by atoms with van der Waals surface area (Å²) < 4.78 is 30.6. The van der Waals surface area contributed by atoms with Gasteiger partial charge in [0.1, 0.15) is 10.6 Å². The molecule has 0 atom stereocenters. The Morgan fingerprint density at radius 2 is 1.80 bits per heavy atom. The summed E-state index contributed by atoms with van der Waals surface area (Å²) >= 11 is 7.04. The van der Waals surface area contributed by atoms with Crippen molar-refractivity contribution in [3.05, 3.63) is 88.3 Å². The van der Waals surface area contributed by atoms with E-state index in [-0.39, 0.29) is 22.5 Å². The second-order valence-electron chi connectivity index (χ2n) is 7.27. The molecule has 1 heterocycles. The van der Waals surface area contributed by atoms with Crippen molar-refractivity contribution in [1.82, 2.24) is 5.32 Å². The number of nitrogens with one attached hydrogen (secondary N) is 2. The summed E-state index contributed by atoms with van der Waals surface area (Å²) in [6.45, 7) is 1.36. The van der Waals surface area contributed by atoms with Gasteiger partial charge in [-0.2, -0.15) is 8.42 Å². The normalized spacial score (nSPS) is 15.8. The molecule has 2 amide bonds. The van der Waals surface area contributed by atoms with Crippen molar-refractivity contribution in [2.75, 3.05) is 5.32 Å². The molecule has 35 heavy (non-hydrogen) atoms. The average molecular weight is 528 g/mol. The number of thioether (sulfide) groups is 1. The summed E-state index contributed by atoms with van der Waals surface area (Å²) in [5.41, 5.74) is 1.68. The van der Waals surface area contributed by atoms with Gasteiger partial charge in [-0.1, -0.05) is 23.7 Å². The van der Waals surface area contributed by atoms with Crippen LogP contribution in [0.2, 0.25) is 5.02 Å². The third-order valence-electron chi connectivity index (χ3n) is 4.53. The van der Waals surface area contributed by atoms with Gasteiger partial charge in [-0.15, -0.1) is 0 Å². The Kier molecular flexibility index (Phi) is 7.25. The SMILES string of the molecule is CC(=O)Nc1ccc(S(=O)(=O)Oc2cccc(/C=C3/SC(=Nc4ccc(Cl)cc4)NC3=O)c2)cc1. The van der Waals surface area contributed by atoms with Gasteiger partial charge in [0.05, 0.1) is 10.6 Å². The van der Waals surface area contributed by atoms with Crippen molar-refractivity contribution in [3.63, 3.8) is 0 Å². The molecule has 0 radical (unpaired) electrons. The van der Waals surface area contributed by atoms with E-state index < -0.39 is 10.1 Å². The maximum absolute atomic E-state index is 12.7. The number of carbonyl (C=O) groups excluding carboxylic acids is 2. The Hall–Kier alpha value is -3.60. The quantitative estimate of drug-likeness (QED) is 0.346. The average Bonchev–Trinajstić information content (AvgIpc) is 3.13. The number of halogens is 1. The summed E-state index contributed by atoms with van der Waals surface area (Å²) in [6.07, 6.45) is 1.62. The number of amides is 2. The predicted octanol–water partition coefficient (Wildman–Crippen LogP) is 4.96. The van der Waals surface area contributed by atoms with Crippen LogP contribution < -0.4 is 14.8 Å². The third-order valence-corrected chi connectivity index (χ3v) is 6.96. The lowest BCUT2D eigenvalue weighted by atomic mass is 10.2. The van der Waals surface area contributed by atoms with Crippen molar-refractivity contribution >= 4 is 67.9 Å². The number of rotatable bonds is 6. The van der Waals surface area contributed by atoms with Crippen LogP contribution >= 0.6 is 23.4 Å². The molecule has 2 N–H and O–H groups in total. The van der Waals surface area contributed by atoms with E-state index in [2.05, 4.69) is 15.6 Å². The van der Waals surface area contributed by atoms with Gasteiger partial charge in [-0.25, -0.2) is 4.99 Å². The number of nitrogens with zero attached hydrogens (tertiary/aromatic N) is 1. The first-order valence-corrected chi connectivity index (χ1v) is 12.8. The maximum atomic E-state index is 12.7. The molecule has 1 aliphatic heterocycles. The molecule has 3 aromatic carbocycles. The van der Waals surface area contributed by atoms with E-state index in [0.717, 1.165) is 11.8 Å². The van der Waals surface area contributed by atoms with Crippen molar-refractivity contribution in [1.29, 1.82) is 0 Å². The molecule has 0 spiro atoms. The number of carbonyl (C=O) groups is 2. The van der Waals surface area contributed by atoms with Crippen LogP contribution in [0.15, 0.2) is 87.6 Å². The van der Waals surface area contributed by atoms with Crippen molar-refractivity contribution in [3.8, 4) is 5.75 Å². The Balaban J connectivity index is 1.49. The second kappa shape index (κ2) is 10.3. The van der Waals surface area contributed by atoms with Crippen LogP contribution in [0.3, 0.4) is 0 Å². The number of anilines is 1. The van der Waals surface area contributed by atoms with Crippen LogP contribution in [0.4, 0.5) is 11.4 Å². The van der Waals surface area contributed by atoms with Gasteiger partial charge in [0, 0.05) is 17.6 Å². The number of amidine groups is 1. The Morgan fingerprint density at radius 3 is 2.49 bits per heavy atom. The van der Waals surface area contributed by atoms with Crippen LogP contribution in [-0.2, 0) is 19.7 Å². The van der Waals surface area contributed by atoms with E-state index in [1.54, 1.807) is 42.5 Å². The minimum Gasteiger partial charge on any atom is -0.379 e. The highest BCUT2D eigenvalue weighted by Gasteiger charge is 2.24. The molecule has 1 saturated heterocycles. The van der Waals surface area contributed by atoms with Gasteiger partial charge in [0.15, 0.2) is 5.17 Å². The molecule has 4 rings (SSSR count). The van der Waals surface area contributed by atoms with Gasteiger partial charge in [-0.3, -0.25) is 9.59 Å². The Labute approximate surface area is 211 Å². The standard InChI is InChI=1S/C24H18ClN3O5S2/c1-15(29)26-18-9-11-21(12-10-18)35(31,32)33-20-4-2-3-16(13-20)14-22-23(30)28-24(34-22)27-19-7-5-17(25)6-8-19/h2-14H,1H3,(H,26,29)(H,27,28,30)/b22-14+. The fraction of sp³-hybridized carbons (Fsp3) is 0.0417. The van der Waals surface area contributed by atoms with Crippen LogP contribution in [0.1, 0.15) is 12.5 Å². The molecule has 8 nitrogen and oxygen atoms in total. The third kappa shape index (κ3) is 6.50. The highest BCUT2D eigenvalue weighted by atomic mass is 35.5. The van der Waals surface area contributed by atoms with E-state index in [9.17, 15) is 18.0 Å². The smallest absolute Gasteiger partial charge is 0.339 e. The molecule has 0 aliphatic carbocycles. The summed E-state index contributed by atoms with van der Waals surface area (Å²) in [5, 5.41) is 6.27. The molecule has 0 unspecified atom stereocenters. The molecule has 178 valence electrons. The highest BCUT2D eigenvalue weighted by Crippen LogP contribution is 2.29. The first-order chi connectivity index (χ1) is 16.7. The van der Waals surface area contributed by atoms with Gasteiger partial charge in [-0.05, 0) is 84.1 Å². The summed E-state index contributed by atoms with van der Waals surface area (Å²) in [6, 6.07) is 18.9. The summed E-state index contributed by atoms with van der Waals surface area (Å²) in [4.78, 5) is 28.2. The second-order valence-corrected chi connectivity index (χ2v) is 10.3. The highest BCUT2D eigenvalue weighted by molar-refractivity contribution is 8.18. The largest absolute Gasteiger partial charge is 0.379 e. The van der Waals surface area contributed by atoms with E-state index in [0.29, 0.717) is 32.0 Å². The fourth-order valence-corrected chi connectivity index (χ4v) is 4.89. The van der Waals surface area contributed by atoms with Gasteiger partial charge < -0.3 is 14.8 Å². The lowest BCUT2D eigenvalue weighted by molar-refractivity contribution is -0.115. The van der Waals surface area contributed by atoms with Crippen LogP contribution in [0.25, 0.3) is 6.08 Å². The number of hydrogen-bond donors (Lipinski definition) is 2. The maximum Gasteiger partial charge on any atom is 0.339 e. The topological polar surface area (TPSA) is 114 Å². The zero-order chi connectivity index (χ0) is 25.0. The lowest BCUT2D eigenvalue weighted by Crippen LogP contribution is -2.19. The minimum absolute atomic E-state index is 0.0656. The first kappa shape index (κ1) is 24.5. The van der Waals surface area contributed by atoms with Crippen molar-refractivity contribution in [2.24, 2.45) is 4.99 Å². The van der Waals surface area contributed by atoms with Gasteiger partial charge in [0.25, 0.3) is 5.91 Å². The molecule has 11 heteroatoms. The fourth-order valence-electron chi connectivity index (χ4n) is 3.00. The zero-order valence-corrected chi connectivity index (χ0v) is 20.6. The van der Waals surface area contributed by atoms with E-state index in [4.69, 9.17) is 15.8 Å². The molecule has 1 fully saturated rings. The molecular formula is C24H18ClN3O5S2. The predicted molar refractivity (Wildman–Crippen MR) is 137 cm³/mol. The van der Waals surface area contributed by atoms with E-state index in [1.165, 1.54) is 43.3 Å². The Bertz CT molecular complexity index is 1450. The van der Waals surface area contributed by atoms with Crippen molar-refractivity contribution < 1.29 is 22.2 Å². The molecule has 0 saturated carbocycles. The van der Waals surface area contributed by atoms with Crippen molar-refractivity contribution in [2.45, 2.75) is 11.8 Å². The van der Waals surface area contributed by atoms with Crippen LogP contribution in [-0.4, -0.2) is 25.4 Å². The van der Waals surface area contributed by atoms with E-state index in [1.807, 2.05) is 0 Å².